The second kappa shape index (κ2) is 12.1. The lowest BCUT2D eigenvalue weighted by Gasteiger charge is -2.04. The highest BCUT2D eigenvalue weighted by Gasteiger charge is 2.07. The second-order valence-corrected chi connectivity index (χ2v) is 2.56. The summed E-state index contributed by atoms with van der Waals surface area (Å²) in [5.74, 6) is 0. The van der Waals surface area contributed by atoms with Gasteiger partial charge >= 0.3 is 0 Å². The Morgan fingerprint density at radius 2 is 1.75 bits per heavy atom. The first kappa shape index (κ1) is 17.4. The molecule has 1 heterocycles. The van der Waals surface area contributed by atoms with E-state index in [4.69, 9.17) is 0 Å². The highest BCUT2D eigenvalue weighted by molar-refractivity contribution is 5.20. The van der Waals surface area contributed by atoms with Crippen molar-refractivity contribution in [3.63, 3.8) is 0 Å². The average molecular weight is 231 g/mol. The first-order chi connectivity index (χ1) is 7.74. The molecule has 94 valence electrons. The predicted molar refractivity (Wildman–Crippen MR) is 66.0 cm³/mol. The maximum Gasteiger partial charge on any atom is 0.242 e. The summed E-state index contributed by atoms with van der Waals surface area (Å²) in [6, 6.07) is 3.40. The van der Waals surface area contributed by atoms with Crippen LogP contribution in [0.1, 0.15) is 45.9 Å². The van der Waals surface area contributed by atoms with Gasteiger partial charge in [-0.15, -0.1) is 0 Å². The Hall–Kier alpha value is -0.990. The first-order valence-electron chi connectivity index (χ1n) is 5.95. The van der Waals surface area contributed by atoms with E-state index in [1.165, 1.54) is 0 Å². The van der Waals surface area contributed by atoms with Gasteiger partial charge in [-0.2, -0.15) is 0 Å². The molecule has 1 aromatic heterocycles. The summed E-state index contributed by atoms with van der Waals surface area (Å²) < 4.78 is 24.0. The molecule has 0 aliphatic carbocycles. The summed E-state index contributed by atoms with van der Waals surface area (Å²) in [5, 5.41) is 0. The van der Waals surface area contributed by atoms with Crippen molar-refractivity contribution >= 4 is 0 Å². The minimum Gasteiger partial charge on any atom is -0.261 e. The van der Waals surface area contributed by atoms with Crippen LogP contribution in [0.2, 0.25) is 0 Å². The zero-order chi connectivity index (χ0) is 13.0. The molecule has 0 aliphatic heterocycles. The molecule has 0 saturated carbocycles. The summed E-state index contributed by atoms with van der Waals surface area (Å²) in [4.78, 5) is 4.02. The molecule has 0 bridgehead atoms. The monoisotopic (exact) mass is 231 g/mol. The van der Waals surface area contributed by atoms with E-state index in [-0.39, 0.29) is 6.42 Å². The maximum absolute atomic E-state index is 12.0. The Bertz CT molecular complexity index is 249. The van der Waals surface area contributed by atoms with Crippen molar-refractivity contribution < 1.29 is 8.78 Å². The van der Waals surface area contributed by atoms with E-state index in [0.717, 1.165) is 5.69 Å². The van der Waals surface area contributed by atoms with Gasteiger partial charge in [-0.3, -0.25) is 4.98 Å². The fourth-order valence-electron chi connectivity index (χ4n) is 1.14. The molecule has 16 heavy (non-hydrogen) atoms. The lowest BCUT2D eigenvalue weighted by atomic mass is 10.1. The van der Waals surface area contributed by atoms with Crippen LogP contribution in [-0.4, -0.2) is 11.4 Å². The van der Waals surface area contributed by atoms with Crippen molar-refractivity contribution in [2.45, 2.75) is 53.9 Å². The molecule has 1 nitrogen and oxygen atoms in total. The number of aromatic nitrogens is 1. The van der Waals surface area contributed by atoms with E-state index in [1.54, 1.807) is 18.3 Å². The van der Waals surface area contributed by atoms with Gasteiger partial charge in [0.1, 0.15) is 0 Å². The standard InChI is InChI=1S/C9H11F2N.2C2H6/c1-2-8-7(6-9(10)11)4-3-5-12-8;2*1-2/h3-5,9H,2,6H2,1H3;2*1-2H3. The van der Waals surface area contributed by atoms with E-state index in [0.29, 0.717) is 12.0 Å². The molecule has 0 spiro atoms. The molecule has 0 N–H and O–H groups in total. The van der Waals surface area contributed by atoms with E-state index in [9.17, 15) is 8.78 Å². The summed E-state index contributed by atoms with van der Waals surface area (Å²) in [5.41, 5.74) is 1.44. The predicted octanol–water partition coefficient (Wildman–Crippen LogP) is 4.50. The Balaban J connectivity index is 0. The highest BCUT2D eigenvalue weighted by Crippen LogP contribution is 2.11. The Morgan fingerprint density at radius 3 is 2.19 bits per heavy atom. The molecule has 0 atom stereocenters. The Kier molecular flexibility index (Phi) is 13.1. The van der Waals surface area contributed by atoms with Crippen molar-refractivity contribution in [2.75, 3.05) is 0 Å². The molecule has 0 fully saturated rings. The molecular weight excluding hydrogens is 208 g/mol. The topological polar surface area (TPSA) is 12.9 Å². The summed E-state index contributed by atoms with van der Waals surface area (Å²) in [6.45, 7) is 9.91. The Labute approximate surface area is 97.9 Å². The largest absolute Gasteiger partial charge is 0.261 e. The minimum atomic E-state index is -2.28. The van der Waals surface area contributed by atoms with Crippen LogP contribution in [-0.2, 0) is 12.8 Å². The van der Waals surface area contributed by atoms with E-state index < -0.39 is 6.43 Å². The zero-order valence-corrected chi connectivity index (χ0v) is 10.9. The number of aryl methyl sites for hydroxylation is 1. The molecular formula is C13H23F2N. The third-order valence-corrected chi connectivity index (χ3v) is 1.69. The van der Waals surface area contributed by atoms with Gasteiger partial charge in [-0.25, -0.2) is 8.78 Å². The molecule has 0 saturated heterocycles. The molecule has 0 aromatic carbocycles. The van der Waals surface area contributed by atoms with Crippen molar-refractivity contribution in [1.29, 1.82) is 0 Å². The van der Waals surface area contributed by atoms with Crippen LogP contribution < -0.4 is 0 Å². The van der Waals surface area contributed by atoms with Crippen molar-refractivity contribution in [2.24, 2.45) is 0 Å². The number of hydrogen-bond acceptors (Lipinski definition) is 1. The smallest absolute Gasteiger partial charge is 0.242 e. The second-order valence-electron chi connectivity index (χ2n) is 2.56. The number of alkyl halides is 2. The summed E-state index contributed by atoms with van der Waals surface area (Å²) in [6.07, 6.45) is -0.118. The minimum absolute atomic E-state index is 0.184. The molecule has 1 aromatic rings. The number of hydrogen-bond donors (Lipinski definition) is 0. The molecule has 0 radical (unpaired) electrons. The van der Waals surface area contributed by atoms with Crippen LogP contribution >= 0.6 is 0 Å². The van der Waals surface area contributed by atoms with Gasteiger partial charge < -0.3 is 0 Å². The van der Waals surface area contributed by atoms with Crippen molar-refractivity contribution in [1.82, 2.24) is 4.98 Å². The summed E-state index contributed by atoms with van der Waals surface area (Å²) >= 11 is 0. The molecule has 0 unspecified atom stereocenters. The van der Waals surface area contributed by atoms with Crippen molar-refractivity contribution in [3.05, 3.63) is 29.6 Å². The number of pyridine rings is 1. The number of halogens is 2. The van der Waals surface area contributed by atoms with E-state index >= 15 is 0 Å². The van der Waals surface area contributed by atoms with Crippen LogP contribution in [0, 0.1) is 0 Å². The van der Waals surface area contributed by atoms with Gasteiger partial charge in [0.25, 0.3) is 0 Å². The van der Waals surface area contributed by atoms with Gasteiger partial charge in [0.05, 0.1) is 0 Å². The maximum atomic E-state index is 12.0. The third-order valence-electron chi connectivity index (χ3n) is 1.69. The lowest BCUT2D eigenvalue weighted by Crippen LogP contribution is -2.02. The molecule has 3 heteroatoms. The highest BCUT2D eigenvalue weighted by atomic mass is 19.3. The average Bonchev–Trinajstić information content (AvgIpc) is 2.34. The van der Waals surface area contributed by atoms with E-state index in [1.807, 2.05) is 34.6 Å². The third kappa shape index (κ3) is 7.32. The quantitative estimate of drug-likeness (QED) is 0.746. The van der Waals surface area contributed by atoms with Gasteiger partial charge in [-0.05, 0) is 18.1 Å². The Morgan fingerprint density at radius 1 is 1.19 bits per heavy atom. The van der Waals surface area contributed by atoms with Crippen LogP contribution in [0.25, 0.3) is 0 Å². The number of nitrogens with zero attached hydrogens (tertiary/aromatic N) is 1. The van der Waals surface area contributed by atoms with Crippen LogP contribution in [0.15, 0.2) is 18.3 Å². The van der Waals surface area contributed by atoms with Gasteiger partial charge in [0, 0.05) is 18.3 Å². The SMILES string of the molecule is CC.CC.CCc1ncccc1CC(F)F. The van der Waals surface area contributed by atoms with Gasteiger partial charge in [-0.1, -0.05) is 40.7 Å². The fourth-order valence-corrected chi connectivity index (χ4v) is 1.14. The van der Waals surface area contributed by atoms with Crippen LogP contribution in [0.3, 0.4) is 0 Å². The van der Waals surface area contributed by atoms with Crippen molar-refractivity contribution in [3.8, 4) is 0 Å². The van der Waals surface area contributed by atoms with E-state index in [2.05, 4.69) is 4.98 Å². The zero-order valence-electron chi connectivity index (χ0n) is 10.9. The van der Waals surface area contributed by atoms with Gasteiger partial charge in [0.2, 0.25) is 6.43 Å². The number of rotatable bonds is 3. The fraction of sp³-hybridized carbons (Fsp3) is 0.615. The lowest BCUT2D eigenvalue weighted by molar-refractivity contribution is 0.148. The first-order valence-corrected chi connectivity index (χ1v) is 5.95. The molecule has 1 rings (SSSR count). The molecule has 0 amide bonds. The van der Waals surface area contributed by atoms with Crippen LogP contribution in [0.5, 0.6) is 0 Å². The normalized spacial score (nSPS) is 8.75. The summed E-state index contributed by atoms with van der Waals surface area (Å²) in [7, 11) is 0. The molecule has 0 aliphatic rings. The van der Waals surface area contributed by atoms with Gasteiger partial charge in [0.15, 0.2) is 0 Å². The van der Waals surface area contributed by atoms with Crippen LogP contribution in [0.4, 0.5) is 8.78 Å².